The number of aromatic amines is 2. The molecule has 2 aromatic heterocycles. The second kappa shape index (κ2) is 4.14. The summed E-state index contributed by atoms with van der Waals surface area (Å²) in [5.41, 5.74) is 5.26. The average molecular weight is 238 g/mol. The van der Waals surface area contributed by atoms with Gasteiger partial charge in [0, 0.05) is 11.1 Å². The summed E-state index contributed by atoms with van der Waals surface area (Å²) in [4.78, 5) is 7.80. The molecule has 2 N–H and O–H groups in total. The summed E-state index contributed by atoms with van der Waals surface area (Å²) in [5, 5.41) is 8.08. The first kappa shape index (κ1) is 10.8. The summed E-state index contributed by atoms with van der Waals surface area (Å²) in [6.45, 7) is 4.11. The minimum Gasteiger partial charge on any atom is -0.358 e. The molecule has 0 saturated heterocycles. The smallest absolute Gasteiger partial charge is 0.0906 e. The molecule has 2 heterocycles. The minimum absolute atomic E-state index is 0.900. The molecular weight excluding hydrogens is 224 g/mol. The predicted molar refractivity (Wildman–Crippen MR) is 73.6 cm³/mol. The third-order valence-electron chi connectivity index (χ3n) is 2.98. The maximum absolute atomic E-state index is 4.52. The monoisotopic (exact) mass is 238 g/mol. The zero-order valence-electron chi connectivity index (χ0n) is 10.4. The zero-order valence-corrected chi connectivity index (χ0v) is 10.4. The summed E-state index contributed by atoms with van der Waals surface area (Å²) in [7, 11) is 0. The lowest BCUT2D eigenvalue weighted by Gasteiger charge is -1.95. The molecule has 0 aliphatic rings. The normalized spacial score (nSPS) is 11.7. The van der Waals surface area contributed by atoms with Gasteiger partial charge in [0.2, 0.25) is 0 Å². The second-order valence-electron chi connectivity index (χ2n) is 4.42. The van der Waals surface area contributed by atoms with Crippen molar-refractivity contribution in [2.75, 3.05) is 0 Å². The Labute approximate surface area is 105 Å². The van der Waals surface area contributed by atoms with E-state index in [9.17, 15) is 0 Å². The first-order valence-corrected chi connectivity index (χ1v) is 5.86. The minimum atomic E-state index is 0.900. The van der Waals surface area contributed by atoms with Crippen molar-refractivity contribution in [1.82, 2.24) is 15.2 Å². The Hall–Kier alpha value is -2.36. The predicted octanol–water partition coefficient (Wildman–Crippen LogP) is 3.26. The highest BCUT2D eigenvalue weighted by atomic mass is 15.1. The van der Waals surface area contributed by atoms with Crippen LogP contribution in [0.5, 0.6) is 0 Å². The number of nitrogens with one attached hydrogen (secondary N) is 2. The summed E-state index contributed by atoms with van der Waals surface area (Å²) >= 11 is 0. The molecule has 1 aromatic carbocycles. The second-order valence-corrected chi connectivity index (χ2v) is 4.42. The number of nitrogens with zero attached hydrogens (tertiary/aromatic N) is 2. The Morgan fingerprint density at radius 3 is 2.94 bits per heavy atom. The number of fused-ring (bicyclic) bond motifs is 1. The first-order valence-electron chi connectivity index (χ1n) is 5.86. The van der Waals surface area contributed by atoms with Crippen LogP contribution in [0.2, 0.25) is 0 Å². The van der Waals surface area contributed by atoms with E-state index in [1.807, 2.05) is 31.3 Å². The van der Waals surface area contributed by atoms with Crippen LogP contribution in [0.3, 0.4) is 0 Å². The highest BCUT2D eigenvalue weighted by molar-refractivity contribution is 5.92. The Bertz CT molecular complexity index is 718. The van der Waals surface area contributed by atoms with E-state index in [0.717, 1.165) is 28.0 Å². The number of aliphatic imine (C=N–C) groups is 1. The van der Waals surface area contributed by atoms with Gasteiger partial charge in [-0.3, -0.25) is 10.1 Å². The molecule has 0 unspecified atom stereocenters. The molecule has 4 heteroatoms. The van der Waals surface area contributed by atoms with Crippen molar-refractivity contribution in [3.63, 3.8) is 0 Å². The number of benzene rings is 1. The summed E-state index contributed by atoms with van der Waals surface area (Å²) in [6, 6.07) is 8.08. The van der Waals surface area contributed by atoms with Crippen molar-refractivity contribution >= 4 is 22.8 Å². The van der Waals surface area contributed by atoms with Gasteiger partial charge in [-0.25, -0.2) is 0 Å². The van der Waals surface area contributed by atoms with Crippen molar-refractivity contribution in [3.8, 4) is 0 Å². The van der Waals surface area contributed by atoms with Gasteiger partial charge < -0.3 is 4.98 Å². The van der Waals surface area contributed by atoms with E-state index in [0.29, 0.717) is 0 Å². The fourth-order valence-electron chi connectivity index (χ4n) is 2.08. The van der Waals surface area contributed by atoms with E-state index in [1.165, 1.54) is 5.56 Å². The lowest BCUT2D eigenvalue weighted by Crippen LogP contribution is -1.84. The molecule has 0 atom stereocenters. The average Bonchev–Trinajstić information content (AvgIpc) is 2.93. The number of aromatic nitrogens is 3. The Balaban J connectivity index is 2.01. The largest absolute Gasteiger partial charge is 0.358 e. The molecule has 18 heavy (non-hydrogen) atoms. The van der Waals surface area contributed by atoms with Crippen LogP contribution in [-0.2, 0) is 0 Å². The fourth-order valence-corrected chi connectivity index (χ4v) is 2.08. The molecule has 0 fully saturated rings. The Kier molecular flexibility index (Phi) is 2.48. The van der Waals surface area contributed by atoms with Crippen molar-refractivity contribution in [1.29, 1.82) is 0 Å². The Morgan fingerprint density at radius 1 is 1.28 bits per heavy atom. The molecule has 0 radical (unpaired) electrons. The van der Waals surface area contributed by atoms with Gasteiger partial charge in [0.25, 0.3) is 0 Å². The van der Waals surface area contributed by atoms with Gasteiger partial charge in [-0.05, 0) is 31.5 Å². The van der Waals surface area contributed by atoms with Crippen LogP contribution in [-0.4, -0.2) is 21.4 Å². The van der Waals surface area contributed by atoms with Crippen molar-refractivity contribution in [3.05, 3.63) is 47.4 Å². The maximum atomic E-state index is 4.52. The topological polar surface area (TPSA) is 56.8 Å². The lowest BCUT2D eigenvalue weighted by molar-refractivity contribution is 1.12. The molecule has 3 rings (SSSR count). The SMILES string of the molecule is Cc1cc(C)c(/C=N/c2cccc3cn[nH]c23)[nH]1. The molecule has 3 aromatic rings. The molecule has 4 nitrogen and oxygen atoms in total. The Morgan fingerprint density at radius 2 is 2.17 bits per heavy atom. The van der Waals surface area contributed by atoms with Gasteiger partial charge in [-0.1, -0.05) is 12.1 Å². The number of rotatable bonds is 2. The van der Waals surface area contributed by atoms with Crippen LogP contribution >= 0.6 is 0 Å². The van der Waals surface area contributed by atoms with Crippen LogP contribution in [0.25, 0.3) is 10.9 Å². The van der Waals surface area contributed by atoms with Crippen molar-refractivity contribution in [2.24, 2.45) is 4.99 Å². The highest BCUT2D eigenvalue weighted by Gasteiger charge is 2.02. The van der Waals surface area contributed by atoms with Crippen LogP contribution in [0, 0.1) is 13.8 Å². The van der Waals surface area contributed by atoms with Gasteiger partial charge in [-0.15, -0.1) is 0 Å². The summed E-state index contributed by atoms with van der Waals surface area (Å²) in [6.07, 6.45) is 3.66. The lowest BCUT2D eigenvalue weighted by atomic mass is 10.2. The van der Waals surface area contributed by atoms with Crippen LogP contribution in [0.1, 0.15) is 17.0 Å². The van der Waals surface area contributed by atoms with Crippen LogP contribution < -0.4 is 0 Å². The van der Waals surface area contributed by atoms with Gasteiger partial charge >= 0.3 is 0 Å². The number of para-hydroxylation sites is 1. The van der Waals surface area contributed by atoms with E-state index in [4.69, 9.17) is 0 Å². The summed E-state index contributed by atoms with van der Waals surface area (Å²) in [5.74, 6) is 0. The van der Waals surface area contributed by atoms with E-state index < -0.39 is 0 Å². The van der Waals surface area contributed by atoms with E-state index in [2.05, 4.69) is 33.2 Å². The highest BCUT2D eigenvalue weighted by Crippen LogP contribution is 2.23. The molecule has 0 amide bonds. The molecule has 0 spiro atoms. The molecule has 0 saturated carbocycles. The van der Waals surface area contributed by atoms with Gasteiger partial charge in [0.15, 0.2) is 0 Å². The fraction of sp³-hybridized carbons (Fsp3) is 0.143. The van der Waals surface area contributed by atoms with Crippen molar-refractivity contribution in [2.45, 2.75) is 13.8 Å². The van der Waals surface area contributed by atoms with E-state index in [1.54, 1.807) is 6.20 Å². The quantitative estimate of drug-likeness (QED) is 0.661. The van der Waals surface area contributed by atoms with Crippen LogP contribution in [0.15, 0.2) is 35.5 Å². The van der Waals surface area contributed by atoms with Gasteiger partial charge in [-0.2, -0.15) is 5.10 Å². The third kappa shape index (κ3) is 1.82. The van der Waals surface area contributed by atoms with E-state index >= 15 is 0 Å². The van der Waals surface area contributed by atoms with Crippen LogP contribution in [0.4, 0.5) is 5.69 Å². The standard InChI is InChI=1S/C14H14N4/c1-9-6-10(2)17-13(9)8-15-12-5-3-4-11-7-16-18-14(11)12/h3-8,17H,1-2H3,(H,16,18)/b15-8+. The molecular formula is C14H14N4. The summed E-state index contributed by atoms with van der Waals surface area (Å²) < 4.78 is 0. The first-order chi connectivity index (χ1) is 8.74. The maximum Gasteiger partial charge on any atom is 0.0906 e. The zero-order chi connectivity index (χ0) is 12.5. The van der Waals surface area contributed by atoms with Crippen molar-refractivity contribution < 1.29 is 0 Å². The number of hydrogen-bond donors (Lipinski definition) is 2. The van der Waals surface area contributed by atoms with Gasteiger partial charge in [0.05, 0.1) is 29.3 Å². The molecule has 0 aliphatic carbocycles. The molecule has 0 aliphatic heterocycles. The third-order valence-corrected chi connectivity index (χ3v) is 2.98. The van der Waals surface area contributed by atoms with Gasteiger partial charge in [0.1, 0.15) is 0 Å². The number of aryl methyl sites for hydroxylation is 2. The molecule has 0 bridgehead atoms. The van der Waals surface area contributed by atoms with E-state index in [-0.39, 0.29) is 0 Å². The molecule has 90 valence electrons. The number of H-pyrrole nitrogens is 2. The number of hydrogen-bond acceptors (Lipinski definition) is 2.